The number of phenolic OH excluding ortho intramolecular Hbond substituents is 2. The third kappa shape index (κ3) is 2.37. The lowest BCUT2D eigenvalue weighted by atomic mass is 9.73. The van der Waals surface area contributed by atoms with Gasteiger partial charge in [0.1, 0.15) is 0 Å². The molecule has 2 heteroatoms. The Kier molecular flexibility index (Phi) is 4.07. The summed E-state index contributed by atoms with van der Waals surface area (Å²) in [6, 6.07) is 4.88. The average molecular weight is 228 g/mol. The molecule has 1 aromatic rings. The summed E-state index contributed by atoms with van der Waals surface area (Å²) < 4.78 is 0. The minimum absolute atomic E-state index is 0.125. The topological polar surface area (TPSA) is 40.5 Å². The summed E-state index contributed by atoms with van der Waals surface area (Å²) >= 11 is 0. The molecule has 0 radical (unpaired) electrons. The van der Waals surface area contributed by atoms with Gasteiger partial charge in [-0.25, -0.2) is 0 Å². The van der Waals surface area contributed by atoms with Gasteiger partial charge >= 0.3 is 0 Å². The molecule has 0 aliphatic heterocycles. The van der Waals surface area contributed by atoms with E-state index in [1.54, 1.807) is 12.1 Å². The van der Waals surface area contributed by atoms with Crippen LogP contribution in [0.1, 0.15) is 31.7 Å². The first-order valence-corrected chi connectivity index (χ1v) is 5.49. The van der Waals surface area contributed by atoms with Crippen LogP contribution in [0.4, 0.5) is 0 Å². The third-order valence-electron chi connectivity index (χ3n) is 3.14. The van der Waals surface area contributed by atoms with Crippen molar-refractivity contribution < 1.29 is 10.2 Å². The molecule has 1 aromatic carbocycles. The van der Waals surface area contributed by atoms with Gasteiger partial charge in [-0.3, -0.25) is 0 Å². The molecule has 0 aliphatic carbocycles. The van der Waals surface area contributed by atoms with Gasteiger partial charge in [0.25, 0.3) is 0 Å². The van der Waals surface area contributed by atoms with Crippen LogP contribution in [0.25, 0.3) is 0 Å². The lowest BCUT2D eigenvalue weighted by Crippen LogP contribution is -2.24. The molecule has 1 rings (SSSR count). The zero-order chi connectivity index (χ0) is 12.9. The smallest absolute Gasteiger partial charge is 0.161 e. The van der Waals surface area contributed by atoms with Crippen molar-refractivity contribution in [2.75, 3.05) is 0 Å². The van der Waals surface area contributed by atoms with Gasteiger partial charge in [0.15, 0.2) is 11.5 Å². The molecule has 0 atom stereocenters. The minimum Gasteiger partial charge on any atom is -0.504 e. The monoisotopic (exact) mass is 228 g/mol. The van der Waals surface area contributed by atoms with E-state index in [-0.39, 0.29) is 11.5 Å². The Morgan fingerprint density at radius 3 is 2.24 bits per heavy atom. The molecule has 0 fully saturated rings. The van der Waals surface area contributed by atoms with Gasteiger partial charge in [-0.1, -0.05) is 19.1 Å². The lowest BCUT2D eigenvalue weighted by molar-refractivity contribution is 0.366. The Balaban J connectivity index is 3.37. The molecule has 0 aromatic heterocycles. The zero-order valence-electron chi connectivity index (χ0n) is 9.90. The van der Waals surface area contributed by atoms with E-state index in [0.717, 1.165) is 0 Å². The molecule has 0 heterocycles. The van der Waals surface area contributed by atoms with Gasteiger partial charge < -0.3 is 10.2 Å². The summed E-state index contributed by atoms with van der Waals surface area (Å²) in [6.45, 7) is 1.97. The average Bonchev–Trinajstić information content (AvgIpc) is 2.32. The molecule has 0 spiro atoms. The summed E-state index contributed by atoms with van der Waals surface area (Å²) in [5, 5.41) is 19.5. The molecule has 2 nitrogen and oxygen atoms in total. The molecule has 0 saturated carbocycles. The summed E-state index contributed by atoms with van der Waals surface area (Å²) in [4.78, 5) is 0. The number of hydrogen-bond acceptors (Lipinski definition) is 2. The first kappa shape index (κ1) is 13.0. The summed E-state index contributed by atoms with van der Waals surface area (Å²) in [5.74, 6) is 4.93. The molecule has 0 unspecified atom stereocenters. The highest BCUT2D eigenvalue weighted by molar-refractivity contribution is 5.49. The second kappa shape index (κ2) is 5.32. The number of terminal acetylenes is 2. The number of aromatic hydroxyl groups is 2. The van der Waals surface area contributed by atoms with Gasteiger partial charge in [0.2, 0.25) is 0 Å². The standard InChI is InChI=1S/C15H16O2/c1-4-10-15(6-3,11-5-2)12-8-7-9-13(16)14(12)17/h1-2,7-9,16-17H,6,10-11H2,3H3. The highest BCUT2D eigenvalue weighted by Crippen LogP contribution is 2.42. The minimum atomic E-state index is -0.466. The van der Waals surface area contributed by atoms with Crippen LogP contribution in [0, 0.1) is 24.7 Å². The largest absolute Gasteiger partial charge is 0.504 e. The number of rotatable bonds is 4. The second-order valence-electron chi connectivity index (χ2n) is 4.07. The summed E-state index contributed by atoms with van der Waals surface area (Å²) in [7, 11) is 0. The third-order valence-corrected chi connectivity index (χ3v) is 3.14. The summed E-state index contributed by atoms with van der Waals surface area (Å²) in [5.41, 5.74) is 0.155. The fraction of sp³-hybridized carbons (Fsp3) is 0.333. The molecular formula is C15H16O2. The quantitative estimate of drug-likeness (QED) is 0.614. The fourth-order valence-corrected chi connectivity index (χ4v) is 2.04. The molecule has 0 amide bonds. The highest BCUT2D eigenvalue weighted by Gasteiger charge is 2.32. The van der Waals surface area contributed by atoms with Gasteiger partial charge in [-0.15, -0.1) is 24.7 Å². The number of hydrogen-bond donors (Lipinski definition) is 2. The maximum atomic E-state index is 9.93. The van der Waals surface area contributed by atoms with Crippen LogP contribution >= 0.6 is 0 Å². The maximum absolute atomic E-state index is 9.93. The van der Waals surface area contributed by atoms with E-state index < -0.39 is 5.41 Å². The SMILES string of the molecule is C#CCC(CC)(CC#C)c1cccc(O)c1O. The number of para-hydroxylation sites is 1. The normalized spacial score (nSPS) is 10.5. The van der Waals surface area contributed by atoms with Crippen molar-refractivity contribution in [1.29, 1.82) is 0 Å². The molecule has 2 N–H and O–H groups in total. The van der Waals surface area contributed by atoms with E-state index in [4.69, 9.17) is 12.8 Å². The van der Waals surface area contributed by atoms with Gasteiger partial charge in [0.05, 0.1) is 0 Å². The van der Waals surface area contributed by atoms with Crippen LogP contribution in [0.15, 0.2) is 18.2 Å². The molecular weight excluding hydrogens is 212 g/mol. The zero-order valence-corrected chi connectivity index (χ0v) is 9.90. The molecule has 17 heavy (non-hydrogen) atoms. The Morgan fingerprint density at radius 1 is 1.18 bits per heavy atom. The van der Waals surface area contributed by atoms with Crippen LogP contribution < -0.4 is 0 Å². The first-order valence-electron chi connectivity index (χ1n) is 5.49. The van der Waals surface area contributed by atoms with Crippen molar-refractivity contribution in [3.8, 4) is 36.2 Å². The Morgan fingerprint density at radius 2 is 1.76 bits per heavy atom. The van der Waals surface area contributed by atoms with E-state index in [0.29, 0.717) is 24.8 Å². The van der Waals surface area contributed by atoms with E-state index in [1.165, 1.54) is 6.07 Å². The molecule has 0 aliphatic rings. The van der Waals surface area contributed by atoms with Crippen LogP contribution in [0.5, 0.6) is 11.5 Å². The first-order chi connectivity index (χ1) is 8.11. The van der Waals surface area contributed by atoms with Crippen molar-refractivity contribution in [2.24, 2.45) is 0 Å². The van der Waals surface area contributed by atoms with Crippen LogP contribution in [-0.2, 0) is 5.41 Å². The van der Waals surface area contributed by atoms with Gasteiger partial charge in [-0.2, -0.15) is 0 Å². The van der Waals surface area contributed by atoms with Crippen molar-refractivity contribution >= 4 is 0 Å². The van der Waals surface area contributed by atoms with Gasteiger partial charge in [-0.05, 0) is 12.5 Å². The van der Waals surface area contributed by atoms with Crippen LogP contribution in [0.3, 0.4) is 0 Å². The number of phenols is 2. The Bertz CT molecular complexity index is 459. The molecule has 88 valence electrons. The van der Waals surface area contributed by atoms with Gasteiger partial charge in [0, 0.05) is 23.8 Å². The molecule has 0 saturated heterocycles. The van der Waals surface area contributed by atoms with E-state index in [2.05, 4.69) is 11.8 Å². The van der Waals surface area contributed by atoms with Crippen LogP contribution in [-0.4, -0.2) is 10.2 Å². The lowest BCUT2D eigenvalue weighted by Gasteiger charge is -2.30. The predicted octanol–water partition coefficient (Wildman–Crippen LogP) is 2.79. The van der Waals surface area contributed by atoms with Crippen molar-refractivity contribution in [3.05, 3.63) is 23.8 Å². The molecule has 0 bridgehead atoms. The Labute approximate surface area is 102 Å². The van der Waals surface area contributed by atoms with E-state index in [9.17, 15) is 10.2 Å². The van der Waals surface area contributed by atoms with Crippen molar-refractivity contribution in [3.63, 3.8) is 0 Å². The summed E-state index contributed by atoms with van der Waals surface area (Å²) in [6.07, 6.45) is 12.3. The Hall–Kier alpha value is -2.06. The van der Waals surface area contributed by atoms with E-state index >= 15 is 0 Å². The predicted molar refractivity (Wildman–Crippen MR) is 68.6 cm³/mol. The maximum Gasteiger partial charge on any atom is 0.161 e. The number of benzene rings is 1. The van der Waals surface area contributed by atoms with Crippen molar-refractivity contribution in [2.45, 2.75) is 31.6 Å². The highest BCUT2D eigenvalue weighted by atomic mass is 16.3. The van der Waals surface area contributed by atoms with E-state index in [1.807, 2.05) is 6.92 Å². The second-order valence-corrected chi connectivity index (χ2v) is 4.07. The van der Waals surface area contributed by atoms with Crippen molar-refractivity contribution in [1.82, 2.24) is 0 Å². The van der Waals surface area contributed by atoms with Crippen LogP contribution in [0.2, 0.25) is 0 Å². The fourth-order valence-electron chi connectivity index (χ4n) is 2.04.